The largest absolute Gasteiger partial charge is 0.496 e. The van der Waals surface area contributed by atoms with Crippen molar-refractivity contribution >= 4 is 18.4 Å². The molecule has 2 rings (SSSR count). The van der Waals surface area contributed by atoms with Crippen LogP contribution in [0.3, 0.4) is 0 Å². The first-order valence-corrected chi connectivity index (χ1v) is 16.2. The monoisotopic (exact) mass is 502 g/mol. The van der Waals surface area contributed by atoms with E-state index in [4.69, 9.17) is 18.6 Å². The second-order valence-corrected chi connectivity index (χ2v) is 16.8. The zero-order valence-corrected chi connectivity index (χ0v) is 23.3. The Hall–Kier alpha value is -1.13. The van der Waals surface area contributed by atoms with Crippen molar-refractivity contribution in [3.63, 3.8) is 0 Å². The molecule has 7 nitrogen and oxygen atoms in total. The Balaban J connectivity index is 2.58. The molecule has 9 heteroatoms. The molecule has 0 aliphatic heterocycles. The molecule has 190 valence electrons. The molecule has 0 saturated heterocycles. The molecule has 0 bridgehead atoms. The highest BCUT2D eigenvalue weighted by Crippen LogP contribution is 2.44. The number of hydrogen-bond donors (Lipinski definition) is 1. The summed E-state index contributed by atoms with van der Waals surface area (Å²) in [7, 11) is -3.21. The first kappa shape index (κ1) is 28.1. The van der Waals surface area contributed by atoms with Gasteiger partial charge in [0.2, 0.25) is 0 Å². The Bertz CT molecular complexity index is 862. The summed E-state index contributed by atoms with van der Waals surface area (Å²) in [4.78, 5) is 0. The Labute approximate surface area is 201 Å². The highest BCUT2D eigenvalue weighted by atomic mass is 32.2. The van der Waals surface area contributed by atoms with Gasteiger partial charge in [-0.15, -0.1) is 0 Å². The molecule has 1 fully saturated rings. The highest BCUT2D eigenvalue weighted by Gasteiger charge is 2.42. The van der Waals surface area contributed by atoms with Crippen LogP contribution in [0.25, 0.3) is 0 Å². The normalized spacial score (nSPS) is 17.7. The maximum absolute atomic E-state index is 11.6. The number of ether oxygens (including phenoxy) is 3. The third-order valence-corrected chi connectivity index (χ3v) is 12.2. The van der Waals surface area contributed by atoms with E-state index in [9.17, 15) is 13.0 Å². The van der Waals surface area contributed by atoms with Crippen LogP contribution in [-0.4, -0.2) is 53.5 Å². The fourth-order valence-electron chi connectivity index (χ4n) is 3.95. The van der Waals surface area contributed by atoms with E-state index in [0.29, 0.717) is 11.5 Å². The minimum Gasteiger partial charge on any atom is -0.496 e. The van der Waals surface area contributed by atoms with Crippen molar-refractivity contribution in [2.75, 3.05) is 20.0 Å². The molecular weight excluding hydrogens is 460 g/mol. The van der Waals surface area contributed by atoms with Gasteiger partial charge in [-0.05, 0) is 62.0 Å². The van der Waals surface area contributed by atoms with E-state index in [1.807, 2.05) is 19.1 Å². The van der Waals surface area contributed by atoms with Crippen molar-refractivity contribution in [2.45, 2.75) is 96.2 Å². The molecule has 1 aliphatic carbocycles. The minimum absolute atomic E-state index is 0.0520. The van der Waals surface area contributed by atoms with Gasteiger partial charge in [0.15, 0.2) is 8.32 Å². The van der Waals surface area contributed by atoms with E-state index in [-0.39, 0.29) is 23.3 Å². The smallest absolute Gasteiger partial charge is 0.264 e. The quantitative estimate of drug-likeness (QED) is 0.307. The molecule has 0 heterocycles. The van der Waals surface area contributed by atoms with Gasteiger partial charge in [-0.25, -0.2) is 0 Å². The summed E-state index contributed by atoms with van der Waals surface area (Å²) in [5.74, 6) is 0.951. The van der Waals surface area contributed by atoms with Crippen LogP contribution >= 0.6 is 0 Å². The number of benzene rings is 1. The summed E-state index contributed by atoms with van der Waals surface area (Å²) in [5.41, 5.74) is 1.69. The van der Waals surface area contributed by atoms with Crippen molar-refractivity contribution in [1.82, 2.24) is 0 Å². The van der Waals surface area contributed by atoms with E-state index in [1.165, 1.54) is 0 Å². The molecule has 1 aromatic rings. The lowest BCUT2D eigenvalue weighted by Gasteiger charge is -2.42. The molecule has 1 aliphatic rings. The summed E-state index contributed by atoms with van der Waals surface area (Å²) in [5, 5.41) is -0.0644. The predicted molar refractivity (Wildman–Crippen MR) is 133 cm³/mol. The maximum atomic E-state index is 11.6. The zero-order chi connectivity index (χ0) is 25.0. The van der Waals surface area contributed by atoms with Gasteiger partial charge in [-0.2, -0.15) is 8.42 Å². The highest BCUT2D eigenvalue weighted by molar-refractivity contribution is 7.85. The third-order valence-electron chi connectivity index (χ3n) is 7.00. The minimum atomic E-state index is -4.15. The molecule has 1 aromatic carbocycles. The van der Waals surface area contributed by atoms with Crippen molar-refractivity contribution < 1.29 is 31.6 Å². The van der Waals surface area contributed by atoms with Crippen LogP contribution in [0.2, 0.25) is 18.1 Å². The fraction of sp³-hybridized carbons (Fsp3) is 0.750. The Morgan fingerprint density at radius 3 is 2.03 bits per heavy atom. The second-order valence-electron chi connectivity index (χ2n) is 10.5. The molecule has 1 N–H and O–H groups in total. The molecule has 1 saturated carbocycles. The lowest BCUT2D eigenvalue weighted by Crippen LogP contribution is -2.45. The Morgan fingerprint density at radius 2 is 1.61 bits per heavy atom. The van der Waals surface area contributed by atoms with Crippen molar-refractivity contribution in [3.8, 4) is 11.5 Å². The molecule has 0 aromatic heterocycles. The average molecular weight is 503 g/mol. The number of methoxy groups -OCH3 is 2. The van der Waals surface area contributed by atoms with Crippen molar-refractivity contribution in [2.24, 2.45) is 0 Å². The SMILES string of the molecule is COc1cc(C(O[Si](C)(C)C(C)(C)C)C(CCS(=O)(=O)O)OC2CCCC2)cc(OC)c1C. The van der Waals surface area contributed by atoms with Gasteiger partial charge in [-0.1, -0.05) is 33.6 Å². The van der Waals surface area contributed by atoms with Crippen LogP contribution in [0.15, 0.2) is 12.1 Å². The van der Waals surface area contributed by atoms with Gasteiger partial charge >= 0.3 is 0 Å². The molecule has 0 spiro atoms. The van der Waals surface area contributed by atoms with Crippen LogP contribution < -0.4 is 9.47 Å². The van der Waals surface area contributed by atoms with Gasteiger partial charge in [-0.3, -0.25) is 4.55 Å². The molecule has 2 unspecified atom stereocenters. The lowest BCUT2D eigenvalue weighted by atomic mass is 9.99. The van der Waals surface area contributed by atoms with E-state index < -0.39 is 30.6 Å². The van der Waals surface area contributed by atoms with Crippen molar-refractivity contribution in [3.05, 3.63) is 23.3 Å². The predicted octanol–water partition coefficient (Wildman–Crippen LogP) is 5.68. The van der Waals surface area contributed by atoms with Crippen molar-refractivity contribution in [1.29, 1.82) is 0 Å². The van der Waals surface area contributed by atoms with Gasteiger partial charge in [0.05, 0.1) is 38.3 Å². The fourth-order valence-corrected chi connectivity index (χ4v) is 5.76. The van der Waals surface area contributed by atoms with E-state index >= 15 is 0 Å². The summed E-state index contributed by atoms with van der Waals surface area (Å²) in [6.07, 6.45) is 3.18. The molecule has 2 atom stereocenters. The molecule has 0 amide bonds. The zero-order valence-electron chi connectivity index (χ0n) is 21.4. The third kappa shape index (κ3) is 7.68. The van der Waals surface area contributed by atoms with Gasteiger partial charge < -0.3 is 18.6 Å². The molecule has 0 radical (unpaired) electrons. The first-order chi connectivity index (χ1) is 15.2. The average Bonchev–Trinajstić information content (AvgIpc) is 3.21. The number of hydrogen-bond acceptors (Lipinski definition) is 6. The van der Waals surface area contributed by atoms with Gasteiger partial charge in [0.1, 0.15) is 11.5 Å². The molecule has 33 heavy (non-hydrogen) atoms. The lowest BCUT2D eigenvalue weighted by molar-refractivity contribution is -0.0721. The van der Waals surface area contributed by atoms with E-state index in [0.717, 1.165) is 36.8 Å². The number of rotatable bonds is 11. The van der Waals surface area contributed by atoms with Crippen LogP contribution in [-0.2, 0) is 19.3 Å². The van der Waals surface area contributed by atoms with E-state index in [2.05, 4.69) is 33.9 Å². The molecular formula is C24H42O7SSi. The van der Waals surface area contributed by atoms with Gasteiger partial charge in [0, 0.05) is 5.56 Å². The van der Waals surface area contributed by atoms with Crippen LogP contribution in [0.1, 0.15) is 70.1 Å². The summed E-state index contributed by atoms with van der Waals surface area (Å²) >= 11 is 0. The standard InChI is InChI=1S/C24H42O7SSi/c1-17-21(28-5)15-18(16-22(17)29-6)23(31-33(7,8)24(2,3)4)20(13-14-32(25,26)27)30-19-11-9-10-12-19/h15-16,19-20,23H,9-14H2,1-8H3,(H,25,26,27). The Kier molecular flexibility index (Phi) is 9.43. The first-order valence-electron chi connectivity index (χ1n) is 11.7. The van der Waals surface area contributed by atoms with Gasteiger partial charge in [0.25, 0.3) is 10.1 Å². The topological polar surface area (TPSA) is 91.3 Å². The van der Waals surface area contributed by atoms with Crippen LogP contribution in [0.4, 0.5) is 0 Å². The van der Waals surface area contributed by atoms with Crippen LogP contribution in [0.5, 0.6) is 11.5 Å². The summed E-state index contributed by atoms with van der Waals surface area (Å²) in [6.45, 7) is 12.7. The second kappa shape index (κ2) is 11.1. The summed E-state index contributed by atoms with van der Waals surface area (Å²) in [6, 6.07) is 3.85. The maximum Gasteiger partial charge on any atom is 0.264 e. The Morgan fingerprint density at radius 1 is 1.09 bits per heavy atom. The summed E-state index contributed by atoms with van der Waals surface area (Å²) < 4.78 is 57.4. The van der Waals surface area contributed by atoms with E-state index in [1.54, 1.807) is 14.2 Å². The van der Waals surface area contributed by atoms with Crippen LogP contribution in [0, 0.1) is 6.92 Å².